The first-order valence-corrected chi connectivity index (χ1v) is 6.16. The summed E-state index contributed by atoms with van der Waals surface area (Å²) in [5.41, 5.74) is 6.74. The van der Waals surface area contributed by atoms with Gasteiger partial charge in [-0.25, -0.2) is 0 Å². The van der Waals surface area contributed by atoms with Gasteiger partial charge in [-0.2, -0.15) is 0 Å². The Balaban J connectivity index is 2.34. The summed E-state index contributed by atoms with van der Waals surface area (Å²) in [5.74, 6) is -0.0208. The summed E-state index contributed by atoms with van der Waals surface area (Å²) in [7, 11) is 0. The van der Waals surface area contributed by atoms with Gasteiger partial charge in [0.2, 0.25) is 0 Å². The third-order valence-corrected chi connectivity index (χ3v) is 3.63. The molecular formula is C13H17ClN2O. The zero-order valence-corrected chi connectivity index (χ0v) is 10.9. The number of carbonyl (C=O) groups excluding carboxylic acids is 1. The average Bonchev–Trinajstić information content (AvgIpc) is 2.61. The standard InChI is InChI=1S/C13H17ClN2O/c1-13(2)6-3-7-16(13)12(17)10-8-9(14)4-5-11(10)15/h4-5,8H,3,6-7,15H2,1-2H3. The molecule has 92 valence electrons. The van der Waals surface area contributed by atoms with Gasteiger partial charge in [0.25, 0.3) is 5.91 Å². The number of nitrogen functional groups attached to an aromatic ring is 1. The van der Waals surface area contributed by atoms with Crippen LogP contribution in [0.3, 0.4) is 0 Å². The predicted molar refractivity (Wildman–Crippen MR) is 70.2 cm³/mol. The minimum absolute atomic E-state index is 0.0208. The van der Waals surface area contributed by atoms with Crippen LogP contribution in [0.5, 0.6) is 0 Å². The maximum Gasteiger partial charge on any atom is 0.256 e. The molecule has 1 aliphatic rings. The Morgan fingerprint density at radius 2 is 2.18 bits per heavy atom. The highest BCUT2D eigenvalue weighted by Gasteiger charge is 2.36. The number of halogens is 1. The van der Waals surface area contributed by atoms with E-state index < -0.39 is 0 Å². The second-order valence-corrected chi connectivity index (χ2v) is 5.54. The van der Waals surface area contributed by atoms with Gasteiger partial charge in [-0.15, -0.1) is 0 Å². The van der Waals surface area contributed by atoms with E-state index in [2.05, 4.69) is 13.8 Å². The lowest BCUT2D eigenvalue weighted by Gasteiger charge is -2.32. The summed E-state index contributed by atoms with van der Waals surface area (Å²) in [4.78, 5) is 14.3. The molecule has 0 radical (unpaired) electrons. The topological polar surface area (TPSA) is 46.3 Å². The van der Waals surface area contributed by atoms with E-state index in [-0.39, 0.29) is 11.4 Å². The van der Waals surface area contributed by atoms with Crippen molar-refractivity contribution in [2.45, 2.75) is 32.2 Å². The normalized spacial score (nSPS) is 18.4. The Bertz CT molecular complexity index is 457. The van der Waals surface area contributed by atoms with E-state index in [0.29, 0.717) is 16.3 Å². The second-order valence-electron chi connectivity index (χ2n) is 5.10. The number of anilines is 1. The van der Waals surface area contributed by atoms with E-state index in [1.165, 1.54) is 0 Å². The van der Waals surface area contributed by atoms with Crippen molar-refractivity contribution < 1.29 is 4.79 Å². The first-order valence-electron chi connectivity index (χ1n) is 5.79. The fourth-order valence-corrected chi connectivity index (χ4v) is 2.52. The molecule has 3 nitrogen and oxygen atoms in total. The Kier molecular flexibility index (Phi) is 3.04. The van der Waals surface area contributed by atoms with E-state index in [0.717, 1.165) is 19.4 Å². The van der Waals surface area contributed by atoms with Crippen LogP contribution in [0.15, 0.2) is 18.2 Å². The Morgan fingerprint density at radius 3 is 2.76 bits per heavy atom. The van der Waals surface area contributed by atoms with Gasteiger partial charge < -0.3 is 10.6 Å². The minimum Gasteiger partial charge on any atom is -0.398 e. The zero-order valence-electron chi connectivity index (χ0n) is 10.2. The molecule has 1 amide bonds. The second kappa shape index (κ2) is 4.22. The van der Waals surface area contributed by atoms with Crippen LogP contribution in [0, 0.1) is 0 Å². The van der Waals surface area contributed by atoms with Gasteiger partial charge in [-0.3, -0.25) is 4.79 Å². The molecule has 0 spiro atoms. The first-order chi connectivity index (χ1) is 7.92. The lowest BCUT2D eigenvalue weighted by molar-refractivity contribution is 0.0653. The van der Waals surface area contributed by atoms with Gasteiger partial charge in [0, 0.05) is 22.8 Å². The number of hydrogen-bond donors (Lipinski definition) is 1. The SMILES string of the molecule is CC1(C)CCCN1C(=O)c1cc(Cl)ccc1N. The van der Waals surface area contributed by atoms with Crippen molar-refractivity contribution in [3.63, 3.8) is 0 Å². The van der Waals surface area contributed by atoms with E-state index in [9.17, 15) is 4.79 Å². The third kappa shape index (κ3) is 2.25. The molecule has 0 aliphatic carbocycles. The third-order valence-electron chi connectivity index (χ3n) is 3.39. The molecule has 0 aromatic heterocycles. The summed E-state index contributed by atoms with van der Waals surface area (Å²) >= 11 is 5.91. The lowest BCUT2D eigenvalue weighted by Crippen LogP contribution is -2.42. The fraction of sp³-hybridized carbons (Fsp3) is 0.462. The van der Waals surface area contributed by atoms with Crippen LogP contribution in [0.2, 0.25) is 5.02 Å². The van der Waals surface area contributed by atoms with Crippen LogP contribution in [0.4, 0.5) is 5.69 Å². The Hall–Kier alpha value is -1.22. The first kappa shape index (κ1) is 12.2. The van der Waals surface area contributed by atoms with Crippen LogP contribution in [-0.2, 0) is 0 Å². The van der Waals surface area contributed by atoms with E-state index in [4.69, 9.17) is 17.3 Å². The molecule has 1 saturated heterocycles. The molecule has 1 heterocycles. The maximum absolute atomic E-state index is 12.4. The molecule has 0 saturated carbocycles. The van der Waals surface area contributed by atoms with Crippen LogP contribution < -0.4 is 5.73 Å². The van der Waals surface area contributed by atoms with E-state index in [1.54, 1.807) is 18.2 Å². The average molecular weight is 253 g/mol. The maximum atomic E-state index is 12.4. The fourth-order valence-electron chi connectivity index (χ4n) is 2.34. The summed E-state index contributed by atoms with van der Waals surface area (Å²) in [6.45, 7) is 4.95. The van der Waals surface area contributed by atoms with Crippen molar-refractivity contribution in [2.24, 2.45) is 0 Å². The highest BCUT2D eigenvalue weighted by atomic mass is 35.5. The van der Waals surface area contributed by atoms with Crippen LogP contribution in [0.1, 0.15) is 37.0 Å². The zero-order chi connectivity index (χ0) is 12.6. The summed E-state index contributed by atoms with van der Waals surface area (Å²) in [6, 6.07) is 5.02. The Labute approximate surface area is 107 Å². The van der Waals surface area contributed by atoms with Crippen molar-refractivity contribution in [1.29, 1.82) is 0 Å². The van der Waals surface area contributed by atoms with Crippen molar-refractivity contribution in [3.05, 3.63) is 28.8 Å². The van der Waals surface area contributed by atoms with Gasteiger partial charge in [-0.05, 0) is 44.9 Å². The minimum atomic E-state index is -0.0914. The molecule has 0 unspecified atom stereocenters. The Morgan fingerprint density at radius 1 is 1.47 bits per heavy atom. The number of hydrogen-bond acceptors (Lipinski definition) is 2. The predicted octanol–water partition coefficient (Wildman–Crippen LogP) is 2.94. The molecule has 0 bridgehead atoms. The molecule has 17 heavy (non-hydrogen) atoms. The molecule has 2 N–H and O–H groups in total. The largest absolute Gasteiger partial charge is 0.398 e. The summed E-state index contributed by atoms with van der Waals surface area (Å²) in [6.07, 6.45) is 2.07. The quantitative estimate of drug-likeness (QED) is 0.781. The molecular weight excluding hydrogens is 236 g/mol. The van der Waals surface area contributed by atoms with Gasteiger partial charge in [0.1, 0.15) is 0 Å². The van der Waals surface area contributed by atoms with Crippen molar-refractivity contribution in [3.8, 4) is 0 Å². The van der Waals surface area contributed by atoms with Crippen molar-refractivity contribution in [1.82, 2.24) is 4.90 Å². The monoisotopic (exact) mass is 252 g/mol. The molecule has 1 fully saturated rings. The highest BCUT2D eigenvalue weighted by molar-refractivity contribution is 6.31. The number of carbonyl (C=O) groups is 1. The molecule has 2 rings (SSSR count). The summed E-state index contributed by atoms with van der Waals surface area (Å²) < 4.78 is 0. The summed E-state index contributed by atoms with van der Waals surface area (Å²) in [5, 5.41) is 0.541. The number of amides is 1. The molecule has 0 atom stereocenters. The van der Waals surface area contributed by atoms with Crippen LogP contribution in [-0.4, -0.2) is 22.9 Å². The molecule has 1 aromatic carbocycles. The van der Waals surface area contributed by atoms with Gasteiger partial charge in [0.15, 0.2) is 0 Å². The smallest absolute Gasteiger partial charge is 0.256 e. The highest BCUT2D eigenvalue weighted by Crippen LogP contribution is 2.31. The van der Waals surface area contributed by atoms with Crippen LogP contribution >= 0.6 is 11.6 Å². The van der Waals surface area contributed by atoms with Crippen molar-refractivity contribution in [2.75, 3.05) is 12.3 Å². The number of nitrogens with two attached hydrogens (primary N) is 1. The van der Waals surface area contributed by atoms with E-state index in [1.807, 2.05) is 4.90 Å². The molecule has 1 aliphatic heterocycles. The van der Waals surface area contributed by atoms with Gasteiger partial charge >= 0.3 is 0 Å². The number of rotatable bonds is 1. The lowest BCUT2D eigenvalue weighted by atomic mass is 10.0. The number of nitrogens with zero attached hydrogens (tertiary/aromatic N) is 1. The van der Waals surface area contributed by atoms with Gasteiger partial charge in [-0.1, -0.05) is 11.6 Å². The van der Waals surface area contributed by atoms with Crippen LogP contribution in [0.25, 0.3) is 0 Å². The molecule has 4 heteroatoms. The number of likely N-dealkylation sites (tertiary alicyclic amines) is 1. The van der Waals surface area contributed by atoms with E-state index >= 15 is 0 Å². The molecule has 1 aromatic rings. The van der Waals surface area contributed by atoms with Gasteiger partial charge in [0.05, 0.1) is 5.56 Å². The number of benzene rings is 1. The van der Waals surface area contributed by atoms with Crippen molar-refractivity contribution >= 4 is 23.2 Å².